The number of anilines is 1. The predicted octanol–water partition coefficient (Wildman–Crippen LogP) is 7.45. The lowest BCUT2D eigenvalue weighted by molar-refractivity contribution is -0.149. The Morgan fingerprint density at radius 1 is 0.736 bits per heavy atom. The molecule has 0 radical (unpaired) electrons. The number of rotatable bonds is 54. The number of hydrogen-bond acceptors (Lipinski definition) is 22. The van der Waals surface area contributed by atoms with Crippen LogP contribution in [0.25, 0.3) is 0 Å². The maximum absolute atomic E-state index is 14.3. The second-order valence-electron chi connectivity index (χ2n) is 27.9. The molecule has 1 aromatic heterocycles. The molecule has 2 aromatic carbocycles. The number of nitrogens with zero attached hydrogens (tertiary/aromatic N) is 3. The van der Waals surface area contributed by atoms with Crippen LogP contribution in [0, 0.1) is 35.5 Å². The topological polar surface area (TPSA) is 376 Å². The molecule has 0 saturated carbocycles. The molecule has 0 spiro atoms. The van der Waals surface area contributed by atoms with Crippen LogP contribution in [0.2, 0.25) is 0 Å². The summed E-state index contributed by atoms with van der Waals surface area (Å²) in [6.07, 6.45) is 3.77. The van der Waals surface area contributed by atoms with Gasteiger partial charge in [-0.3, -0.25) is 33.6 Å². The van der Waals surface area contributed by atoms with E-state index in [1.807, 2.05) is 76.9 Å². The highest BCUT2D eigenvalue weighted by Crippen LogP contribution is 2.34. The fraction of sp³-hybridized carbons (Fsp3) is 0.688. The number of aromatic nitrogens is 1. The van der Waals surface area contributed by atoms with E-state index in [9.17, 15) is 48.3 Å². The number of primary amides is 1. The van der Waals surface area contributed by atoms with Crippen LogP contribution in [0.3, 0.4) is 0 Å². The van der Waals surface area contributed by atoms with Crippen molar-refractivity contribution in [1.82, 2.24) is 30.7 Å². The van der Waals surface area contributed by atoms with Crippen molar-refractivity contribution in [2.24, 2.45) is 47.0 Å². The summed E-state index contributed by atoms with van der Waals surface area (Å²) in [5.41, 5.74) is 11.6. The molecule has 9 N–H and O–H groups in total. The minimum Gasteiger partial charge on any atom is -0.453 e. The normalized spacial score (nSPS) is 15.6. The molecule has 28 nitrogen and oxygen atoms in total. The van der Waals surface area contributed by atoms with Crippen molar-refractivity contribution in [2.75, 3.05) is 133 Å². The number of alkyl carbamates (subject to hydrolysis) is 1. The van der Waals surface area contributed by atoms with Crippen LogP contribution in [0.15, 0.2) is 66.2 Å². The first kappa shape index (κ1) is 93.3. The lowest BCUT2D eigenvalue weighted by Gasteiger charge is -2.41. The second-order valence-corrected chi connectivity index (χ2v) is 28.8. The highest BCUT2D eigenvalue weighted by atomic mass is 32.1. The van der Waals surface area contributed by atoms with E-state index in [2.05, 4.69) is 38.4 Å². The van der Waals surface area contributed by atoms with E-state index in [-0.39, 0.29) is 116 Å². The Hall–Kier alpha value is -6.90. The smallest absolute Gasteiger partial charge is 0.407 e. The van der Waals surface area contributed by atoms with Crippen molar-refractivity contribution < 1.29 is 90.9 Å². The van der Waals surface area contributed by atoms with Gasteiger partial charge >= 0.3 is 12.1 Å². The molecular formula is C77H125N9O19S. The summed E-state index contributed by atoms with van der Waals surface area (Å²) < 4.78 is 49.2. The highest BCUT2D eigenvalue weighted by Gasteiger charge is 2.44. The fourth-order valence-electron chi connectivity index (χ4n) is 12.6. The number of thiazole rings is 1. The molecule has 3 aromatic rings. The fourth-order valence-corrected chi connectivity index (χ4v) is 13.3. The lowest BCUT2D eigenvalue weighted by atomic mass is 9.83. The van der Waals surface area contributed by atoms with Crippen molar-refractivity contribution in [2.45, 2.75) is 181 Å². The van der Waals surface area contributed by atoms with Gasteiger partial charge in [-0.1, -0.05) is 97.4 Å². The Kier molecular flexibility index (Phi) is 46.0. The molecule has 1 fully saturated rings. The number of benzene rings is 2. The van der Waals surface area contributed by atoms with Crippen LogP contribution in [0.1, 0.15) is 149 Å². The summed E-state index contributed by atoms with van der Waals surface area (Å²) >= 11 is 1.56. The zero-order valence-corrected chi connectivity index (χ0v) is 65.9. The maximum Gasteiger partial charge on any atom is 0.407 e. The number of aliphatic hydroxyl groups is 1. The molecule has 598 valence electrons. The minimum absolute atomic E-state index is 0.0307. The number of carbonyl (C=O) groups excluding carboxylic acids is 9. The summed E-state index contributed by atoms with van der Waals surface area (Å²) in [5, 5.41) is 22.8. The molecule has 10 atom stereocenters. The molecule has 106 heavy (non-hydrogen) atoms. The van der Waals surface area contributed by atoms with Crippen LogP contribution >= 0.6 is 11.3 Å². The zero-order chi connectivity index (χ0) is 78.6. The van der Waals surface area contributed by atoms with Gasteiger partial charge in [0.05, 0.1) is 140 Å². The standard InChI is InChI=1S/C43H66N4O8S.C34H59N5O11/c1-12-28(4)38(46(8)41(51)32(27(2)3)25-36(49)43(6,7)45-42(52)55-11)35(53-9)26-37(50)47-21-16-19-33(47)39(54-10)29(5)34(48)24-31(40-44-20-22-56-40)23-30-17-14-13-15-18-30;1-26(2)32(30(41)24-28(4-3-11-37-34(36)44)33(43)38-29-7-5-27(25-40)6-8-29)39-31(42)9-12-45-14-16-47-18-20-49-22-23-50-21-19-48-17-15-46-13-10-35/h13-15,17-18,20,22,27-29,31-33,35,38-39H,12,16,19,21,23-26H2,1-11H3,(H,45,52);5-8,26,28,32,40H,3-4,9-25,35H2,1-2H3,(H,38,43)(H,39,42)(H3,36,37,44)/t28-,29-,31+,32-,33-,35+,38-,39+;28-,32+/m01/s1. The first-order chi connectivity index (χ1) is 50.7. The van der Waals surface area contributed by atoms with E-state index in [0.29, 0.717) is 129 Å². The molecule has 0 bridgehead atoms. The Morgan fingerprint density at radius 2 is 1.33 bits per heavy atom. The maximum atomic E-state index is 14.3. The number of ketones is 3. The van der Waals surface area contributed by atoms with Gasteiger partial charge in [-0.15, -0.1) is 11.3 Å². The number of hydrogen-bond donors (Lipinski definition) is 7. The summed E-state index contributed by atoms with van der Waals surface area (Å²) in [6, 6.07) is 14.6. The van der Waals surface area contributed by atoms with Crippen molar-refractivity contribution in [1.29, 1.82) is 0 Å². The van der Waals surface area contributed by atoms with Gasteiger partial charge in [0.15, 0.2) is 11.6 Å². The number of likely N-dealkylation sites (tertiary alicyclic amines) is 1. The third kappa shape index (κ3) is 34.6. The highest BCUT2D eigenvalue weighted by molar-refractivity contribution is 7.09. The van der Waals surface area contributed by atoms with Crippen molar-refractivity contribution in [3.63, 3.8) is 0 Å². The van der Waals surface area contributed by atoms with Crippen molar-refractivity contribution in [3.05, 3.63) is 82.3 Å². The molecule has 7 amide bonds. The van der Waals surface area contributed by atoms with Gasteiger partial charge in [-0.05, 0) is 87.0 Å². The number of likely N-dealkylation sites (N-methyl/N-ethyl adjacent to an activating group) is 1. The molecule has 1 saturated heterocycles. The number of amides is 7. The Labute approximate surface area is 632 Å². The van der Waals surface area contributed by atoms with E-state index < -0.39 is 59.7 Å². The second kappa shape index (κ2) is 52.2. The van der Waals surface area contributed by atoms with Crippen LogP contribution in [-0.4, -0.2) is 236 Å². The average molecular weight is 1510 g/mol. The van der Waals surface area contributed by atoms with E-state index in [0.717, 1.165) is 23.4 Å². The molecule has 1 aliphatic rings. The van der Waals surface area contributed by atoms with Crippen LogP contribution in [0.4, 0.5) is 15.3 Å². The van der Waals surface area contributed by atoms with E-state index in [4.69, 9.17) is 54.1 Å². The molecule has 1 aliphatic heterocycles. The van der Waals surface area contributed by atoms with E-state index in [1.54, 1.807) is 81.8 Å². The number of nitrogens with one attached hydrogen (secondary N) is 4. The van der Waals surface area contributed by atoms with Gasteiger partial charge in [-0.2, -0.15) is 0 Å². The Balaban J connectivity index is 0.000000554. The number of carbonyl (C=O) groups is 9. The minimum atomic E-state index is -1.24. The van der Waals surface area contributed by atoms with Crippen molar-refractivity contribution >= 4 is 70.1 Å². The van der Waals surface area contributed by atoms with Crippen LogP contribution in [0.5, 0.6) is 0 Å². The van der Waals surface area contributed by atoms with Gasteiger partial charge < -0.3 is 90.3 Å². The largest absolute Gasteiger partial charge is 0.453 e. The lowest BCUT2D eigenvalue weighted by Crippen LogP contribution is -2.55. The number of ether oxygens (including phenoxy) is 9. The van der Waals surface area contributed by atoms with Gasteiger partial charge in [0, 0.05) is 108 Å². The third-order valence-electron chi connectivity index (χ3n) is 18.9. The summed E-state index contributed by atoms with van der Waals surface area (Å²) in [6.45, 7) is 22.7. The SMILES string of the molecule is CC(C)[C@H](NC(=O)CCOCCOCCOCCOCCOCCOCCN)C(=O)C[C@@H](CCCNC(N)=O)C(=O)Nc1ccc(CO)cc1.CC[C@H](C)[C@@H]([C@@H](CC(=O)N1CCC[C@H]1[C@H](OC)[C@@H](C)C(=O)C[C@@H](Cc1ccccc1)c1nccs1)OC)N(C)C(=O)[C@@H](CC(=O)C(C)(C)NC(=O)OC)C(C)C. The van der Waals surface area contributed by atoms with Crippen LogP contribution < -0.4 is 32.7 Å². The summed E-state index contributed by atoms with van der Waals surface area (Å²) in [4.78, 5) is 126. The van der Waals surface area contributed by atoms with Gasteiger partial charge in [0.2, 0.25) is 23.6 Å². The number of nitrogens with two attached hydrogens (primary N) is 2. The van der Waals surface area contributed by atoms with Gasteiger partial charge in [0.25, 0.3) is 0 Å². The van der Waals surface area contributed by atoms with Gasteiger partial charge in [0.1, 0.15) is 5.78 Å². The summed E-state index contributed by atoms with van der Waals surface area (Å²) in [5.74, 6) is -3.89. The number of aliphatic hydroxyl groups excluding tert-OH is 1. The summed E-state index contributed by atoms with van der Waals surface area (Å²) in [7, 11) is 6.12. The molecule has 29 heteroatoms. The van der Waals surface area contributed by atoms with E-state index in [1.165, 1.54) is 7.11 Å². The molecule has 4 rings (SSSR count). The number of methoxy groups -OCH3 is 3. The predicted molar refractivity (Wildman–Crippen MR) is 405 cm³/mol. The Bertz CT molecular complexity index is 3020. The third-order valence-corrected chi connectivity index (χ3v) is 19.9. The Morgan fingerprint density at radius 3 is 1.84 bits per heavy atom. The first-order valence-corrected chi connectivity index (χ1v) is 38.1. The average Bonchev–Trinajstić information content (AvgIpc) is 1.38. The molecule has 0 aliphatic carbocycles. The van der Waals surface area contributed by atoms with Crippen molar-refractivity contribution in [3.8, 4) is 0 Å². The zero-order valence-electron chi connectivity index (χ0n) is 65.1. The van der Waals surface area contributed by atoms with Gasteiger partial charge in [-0.25, -0.2) is 14.6 Å². The molecule has 2 heterocycles. The van der Waals surface area contributed by atoms with Crippen LogP contribution in [-0.2, 0) is 89.2 Å². The molecule has 0 unspecified atom stereocenters. The number of Topliss-reactive ketones (excluding diaryl/α,β-unsaturated/α-hetero) is 3. The number of urea groups is 1. The first-order valence-electron chi connectivity index (χ1n) is 37.2. The molecular weight excluding hydrogens is 1390 g/mol. The quantitative estimate of drug-likeness (QED) is 0.0270. The monoisotopic (exact) mass is 1510 g/mol. The van der Waals surface area contributed by atoms with E-state index >= 15 is 0 Å².